The smallest absolute Gasteiger partial charge is 0.315 e. The van der Waals surface area contributed by atoms with Crippen LogP contribution in [0.1, 0.15) is 38.7 Å². The van der Waals surface area contributed by atoms with E-state index >= 15 is 0 Å². The molecule has 1 saturated carbocycles. The van der Waals surface area contributed by atoms with Crippen molar-refractivity contribution in [1.82, 2.24) is 10.6 Å². The number of carboxylic acid groups (broad SMARTS) is 1. The van der Waals surface area contributed by atoms with Gasteiger partial charge in [0.25, 0.3) is 0 Å². The molecular formula is C19H26N2O5S. The molecule has 1 heterocycles. The Morgan fingerprint density at radius 3 is 2.59 bits per heavy atom. The maximum atomic E-state index is 12.3. The molecular weight excluding hydrogens is 368 g/mol. The first-order valence-electron chi connectivity index (χ1n) is 9.13. The highest BCUT2D eigenvalue weighted by Gasteiger charge is 2.53. The molecule has 3 rings (SSSR count). The van der Waals surface area contributed by atoms with Crippen LogP contribution in [0.2, 0.25) is 0 Å². The standard InChI is InChI=1S/C19H26N2O5S/c1-11(14-8-15(17(22)23)19(14,2)3)21-18(24)20-9-12-10-27(25,26)16-7-5-4-6-13(12)16/h4-7,11-12,14-15H,8-10H2,1-3H3,(H,22,23)(H2,20,21,24)/t11?,12?,14-,15+/m0/s1. The quantitative estimate of drug-likeness (QED) is 0.707. The number of aliphatic carboxylic acids is 1. The number of rotatable bonds is 5. The second-order valence-corrected chi connectivity index (χ2v) is 10.2. The fraction of sp³-hybridized carbons (Fsp3) is 0.579. The number of benzene rings is 1. The Balaban J connectivity index is 1.55. The number of hydrogen-bond acceptors (Lipinski definition) is 4. The molecule has 2 amide bonds. The number of carbonyl (C=O) groups is 2. The van der Waals surface area contributed by atoms with Crippen LogP contribution in [0, 0.1) is 17.3 Å². The van der Waals surface area contributed by atoms with Crippen LogP contribution in [0.3, 0.4) is 0 Å². The lowest BCUT2D eigenvalue weighted by atomic mass is 9.53. The zero-order valence-electron chi connectivity index (χ0n) is 15.7. The van der Waals surface area contributed by atoms with E-state index in [-0.39, 0.29) is 41.6 Å². The molecule has 0 saturated heterocycles. The van der Waals surface area contributed by atoms with Crippen molar-refractivity contribution in [1.29, 1.82) is 0 Å². The van der Waals surface area contributed by atoms with E-state index in [0.717, 1.165) is 5.56 Å². The van der Waals surface area contributed by atoms with Crippen LogP contribution in [0.4, 0.5) is 4.79 Å². The predicted molar refractivity (Wildman–Crippen MR) is 100 cm³/mol. The lowest BCUT2D eigenvalue weighted by Gasteiger charge is -2.52. The molecule has 2 aliphatic rings. The summed E-state index contributed by atoms with van der Waals surface area (Å²) < 4.78 is 24.4. The highest BCUT2D eigenvalue weighted by Crippen LogP contribution is 2.52. The van der Waals surface area contributed by atoms with E-state index in [9.17, 15) is 23.1 Å². The molecule has 0 bridgehead atoms. The number of sulfone groups is 1. The summed E-state index contributed by atoms with van der Waals surface area (Å²) in [5.74, 6) is -1.37. The minimum atomic E-state index is -3.29. The topological polar surface area (TPSA) is 113 Å². The molecule has 4 atom stereocenters. The second-order valence-electron chi connectivity index (χ2n) is 8.21. The van der Waals surface area contributed by atoms with Crippen molar-refractivity contribution in [2.45, 2.75) is 44.0 Å². The van der Waals surface area contributed by atoms with Crippen LogP contribution in [-0.4, -0.2) is 43.9 Å². The molecule has 1 aliphatic heterocycles. The normalized spacial score (nSPS) is 28.5. The summed E-state index contributed by atoms with van der Waals surface area (Å²) >= 11 is 0. The van der Waals surface area contributed by atoms with Gasteiger partial charge in [0, 0.05) is 18.5 Å². The number of urea groups is 1. The number of hydrogen-bond donors (Lipinski definition) is 3. The molecule has 1 aliphatic carbocycles. The molecule has 2 unspecified atom stereocenters. The lowest BCUT2D eigenvalue weighted by molar-refractivity contribution is -0.160. The SMILES string of the molecule is CC(NC(=O)NCC1CS(=O)(=O)c2ccccc21)[C@@H]1C[C@H](C(=O)O)C1(C)C. The van der Waals surface area contributed by atoms with Gasteiger partial charge in [-0.2, -0.15) is 0 Å². The van der Waals surface area contributed by atoms with Crippen molar-refractivity contribution in [2.75, 3.05) is 12.3 Å². The molecule has 7 nitrogen and oxygen atoms in total. The Labute approximate surface area is 159 Å². The van der Waals surface area contributed by atoms with Gasteiger partial charge < -0.3 is 15.7 Å². The first-order valence-corrected chi connectivity index (χ1v) is 10.8. The Morgan fingerprint density at radius 1 is 1.30 bits per heavy atom. The van der Waals surface area contributed by atoms with Gasteiger partial charge in [0.2, 0.25) is 0 Å². The van der Waals surface area contributed by atoms with Crippen LogP contribution >= 0.6 is 0 Å². The number of carbonyl (C=O) groups excluding carboxylic acids is 1. The molecule has 1 fully saturated rings. The highest BCUT2D eigenvalue weighted by atomic mass is 32.2. The van der Waals surface area contributed by atoms with Gasteiger partial charge in [-0.3, -0.25) is 4.79 Å². The second kappa shape index (κ2) is 6.82. The number of amides is 2. The summed E-state index contributed by atoms with van der Waals surface area (Å²) in [6.07, 6.45) is 0.540. The van der Waals surface area contributed by atoms with E-state index in [1.54, 1.807) is 24.3 Å². The summed E-state index contributed by atoms with van der Waals surface area (Å²) in [7, 11) is -3.29. The number of nitrogens with one attached hydrogen (secondary N) is 2. The van der Waals surface area contributed by atoms with Gasteiger partial charge in [0.05, 0.1) is 16.6 Å². The molecule has 148 valence electrons. The van der Waals surface area contributed by atoms with Gasteiger partial charge in [-0.1, -0.05) is 32.0 Å². The van der Waals surface area contributed by atoms with Crippen LogP contribution < -0.4 is 10.6 Å². The molecule has 0 spiro atoms. The van der Waals surface area contributed by atoms with Gasteiger partial charge >= 0.3 is 12.0 Å². The molecule has 27 heavy (non-hydrogen) atoms. The van der Waals surface area contributed by atoms with Crippen LogP contribution in [0.15, 0.2) is 29.2 Å². The van der Waals surface area contributed by atoms with Crippen molar-refractivity contribution >= 4 is 21.8 Å². The first-order chi connectivity index (χ1) is 12.5. The van der Waals surface area contributed by atoms with Crippen LogP contribution in [0.25, 0.3) is 0 Å². The fourth-order valence-electron chi connectivity index (χ4n) is 4.52. The van der Waals surface area contributed by atoms with E-state index in [2.05, 4.69) is 10.6 Å². The highest BCUT2D eigenvalue weighted by molar-refractivity contribution is 7.91. The Morgan fingerprint density at radius 2 is 1.96 bits per heavy atom. The molecule has 3 N–H and O–H groups in total. The van der Waals surface area contributed by atoms with Crippen LogP contribution in [-0.2, 0) is 14.6 Å². The third-order valence-electron chi connectivity index (χ3n) is 6.23. The average Bonchev–Trinajstić information content (AvgIpc) is 2.83. The molecule has 0 aromatic heterocycles. The Hall–Kier alpha value is -2.09. The Kier molecular flexibility index (Phi) is 4.96. The summed E-state index contributed by atoms with van der Waals surface area (Å²) in [6.45, 7) is 5.94. The summed E-state index contributed by atoms with van der Waals surface area (Å²) in [6, 6.07) is 6.35. The zero-order chi connectivity index (χ0) is 20.0. The molecule has 1 aromatic carbocycles. The fourth-order valence-corrected chi connectivity index (χ4v) is 6.40. The number of fused-ring (bicyclic) bond motifs is 1. The van der Waals surface area contributed by atoms with Gasteiger partial charge in [-0.15, -0.1) is 0 Å². The summed E-state index contributed by atoms with van der Waals surface area (Å²) in [5.41, 5.74) is 0.368. The number of carboxylic acids is 1. The van der Waals surface area contributed by atoms with Crippen molar-refractivity contribution in [2.24, 2.45) is 17.3 Å². The van der Waals surface area contributed by atoms with Crippen molar-refractivity contribution in [3.05, 3.63) is 29.8 Å². The van der Waals surface area contributed by atoms with Gasteiger partial charge in [0.1, 0.15) is 0 Å². The van der Waals surface area contributed by atoms with Crippen LogP contribution in [0.5, 0.6) is 0 Å². The lowest BCUT2D eigenvalue weighted by Crippen LogP contribution is -2.58. The summed E-state index contributed by atoms with van der Waals surface area (Å²) in [4.78, 5) is 23.9. The van der Waals surface area contributed by atoms with Crippen molar-refractivity contribution < 1.29 is 23.1 Å². The van der Waals surface area contributed by atoms with Crippen molar-refractivity contribution in [3.63, 3.8) is 0 Å². The third-order valence-corrected chi connectivity index (χ3v) is 8.11. The minimum absolute atomic E-state index is 0.00186. The maximum Gasteiger partial charge on any atom is 0.315 e. The summed E-state index contributed by atoms with van der Waals surface area (Å²) in [5, 5.41) is 14.9. The average molecular weight is 394 g/mol. The van der Waals surface area contributed by atoms with E-state index in [0.29, 0.717) is 11.3 Å². The monoisotopic (exact) mass is 394 g/mol. The van der Waals surface area contributed by atoms with E-state index in [1.165, 1.54) is 0 Å². The van der Waals surface area contributed by atoms with E-state index < -0.39 is 21.7 Å². The zero-order valence-corrected chi connectivity index (χ0v) is 16.5. The molecule has 1 aromatic rings. The van der Waals surface area contributed by atoms with E-state index in [1.807, 2.05) is 20.8 Å². The molecule has 0 radical (unpaired) electrons. The minimum Gasteiger partial charge on any atom is -0.481 e. The largest absolute Gasteiger partial charge is 0.481 e. The van der Waals surface area contributed by atoms with Gasteiger partial charge in [-0.05, 0) is 36.3 Å². The van der Waals surface area contributed by atoms with Gasteiger partial charge in [0.15, 0.2) is 9.84 Å². The van der Waals surface area contributed by atoms with Crippen molar-refractivity contribution in [3.8, 4) is 0 Å². The van der Waals surface area contributed by atoms with E-state index in [4.69, 9.17) is 0 Å². The molecule has 8 heteroatoms. The van der Waals surface area contributed by atoms with Gasteiger partial charge in [-0.25, -0.2) is 13.2 Å². The third kappa shape index (κ3) is 3.54. The predicted octanol–water partition coefficient (Wildman–Crippen LogP) is 1.99. The first kappa shape index (κ1) is 19.7. The Bertz CT molecular complexity index is 865. The maximum absolute atomic E-state index is 12.3.